The molecule has 0 saturated carbocycles. The highest BCUT2D eigenvalue weighted by atomic mass is 127. The smallest absolute Gasteiger partial charge is 0.281 e. The second-order valence-corrected chi connectivity index (χ2v) is 15.2. The summed E-state index contributed by atoms with van der Waals surface area (Å²) in [6.45, 7) is 9.94. The molecule has 0 heterocycles. The van der Waals surface area contributed by atoms with Crippen LogP contribution in [0.3, 0.4) is 0 Å². The predicted molar refractivity (Wildman–Crippen MR) is 232 cm³/mol. The average Bonchev–Trinajstić information content (AvgIpc) is 3.12. The zero-order valence-electron chi connectivity index (χ0n) is 32.9. The third-order valence-electron chi connectivity index (χ3n) is 8.10. The fraction of sp³-hybridized carbons (Fsp3) is 0.349. The first-order chi connectivity index (χ1) is 25.9. The van der Waals surface area contributed by atoms with Gasteiger partial charge in [-0.3, -0.25) is 19.2 Å². The van der Waals surface area contributed by atoms with Crippen molar-refractivity contribution in [2.75, 3.05) is 49.6 Å². The van der Waals surface area contributed by atoms with Crippen LogP contribution in [0.5, 0.6) is 0 Å². The van der Waals surface area contributed by atoms with Crippen LogP contribution in [0.25, 0.3) is 0 Å². The largest absolute Gasteiger partial charge is 1.00 e. The van der Waals surface area contributed by atoms with Gasteiger partial charge in [-0.1, -0.05) is 120 Å². The minimum Gasteiger partial charge on any atom is -1.00 e. The molecule has 14 heteroatoms. The first-order valence-electron chi connectivity index (χ1n) is 17.9. The van der Waals surface area contributed by atoms with Gasteiger partial charge in [-0.25, -0.2) is 14.6 Å². The summed E-state index contributed by atoms with van der Waals surface area (Å²) in [6.07, 6.45) is 0. The van der Waals surface area contributed by atoms with Crippen molar-refractivity contribution in [2.45, 2.75) is 60.0 Å². The number of quaternary nitrogens is 2. The van der Waals surface area contributed by atoms with Crippen molar-refractivity contribution in [3.63, 3.8) is 0 Å². The molecule has 0 aliphatic rings. The summed E-state index contributed by atoms with van der Waals surface area (Å²) >= 11 is 15.2. The Labute approximate surface area is 371 Å². The van der Waals surface area contributed by atoms with Crippen molar-refractivity contribution >= 4 is 69.1 Å². The highest BCUT2D eigenvalue weighted by Gasteiger charge is 2.29. The van der Waals surface area contributed by atoms with Gasteiger partial charge in [0, 0.05) is 22.5 Å². The van der Waals surface area contributed by atoms with Crippen LogP contribution >= 0.6 is 34.8 Å². The van der Waals surface area contributed by atoms with Gasteiger partial charge in [0.25, 0.3) is 17.7 Å². The second-order valence-electron chi connectivity index (χ2n) is 14.3. The fourth-order valence-electron chi connectivity index (χ4n) is 5.46. The summed E-state index contributed by atoms with van der Waals surface area (Å²) in [7, 11) is 3.66. The van der Waals surface area contributed by atoms with Crippen molar-refractivity contribution < 1.29 is 52.3 Å². The van der Waals surface area contributed by atoms with Crippen molar-refractivity contribution in [3.05, 3.63) is 131 Å². The first-order valence-corrected chi connectivity index (χ1v) is 19.4. The Balaban J connectivity index is 0.000000961. The standard InChI is InChI=1S/C21H26ClN3O2.C19H25N3O.C2H2Cl2O.CH4.HI/c1-16(2)18-9-11-19(12-10-18)23-21(27)15-25(3,24-20(26)13-22)14-17-7-5-4-6-8-17;1-15(2)17-9-11-18(12-10-17)21-19(23)14-22(3,20)13-16-7-5-4-6-8-16;3-1-2(4)5;;/h4-12,16H,13-15H2,1-3H3,(H-,23,24,26,27);4-12,15H,13-14,20H2,1-3H3;1H2;1H4;1H/p+1/t25-;22-;;;/m00.../s1. The van der Waals surface area contributed by atoms with Crippen LogP contribution in [0.15, 0.2) is 109 Å². The van der Waals surface area contributed by atoms with Gasteiger partial charge in [0.2, 0.25) is 5.24 Å². The van der Waals surface area contributed by atoms with Crippen molar-refractivity contribution in [1.29, 1.82) is 0 Å². The van der Waals surface area contributed by atoms with Crippen LogP contribution in [-0.2, 0) is 32.3 Å². The lowest BCUT2D eigenvalue weighted by atomic mass is 10.0. The molecule has 5 N–H and O–H groups in total. The van der Waals surface area contributed by atoms with E-state index in [2.05, 4.69) is 43.8 Å². The van der Waals surface area contributed by atoms with Gasteiger partial charge in [-0.2, -0.15) is 5.84 Å². The monoisotopic (exact) mass is 955 g/mol. The normalized spacial score (nSPS) is 12.4. The highest BCUT2D eigenvalue weighted by molar-refractivity contribution is 6.67. The molecular weight excluding hydrogens is 898 g/mol. The minimum absolute atomic E-state index is 0. The van der Waals surface area contributed by atoms with Gasteiger partial charge in [-0.05, 0) is 58.8 Å². The summed E-state index contributed by atoms with van der Waals surface area (Å²) in [6, 6.07) is 35.4. The van der Waals surface area contributed by atoms with E-state index in [4.69, 9.17) is 40.6 Å². The van der Waals surface area contributed by atoms with Gasteiger partial charge in [-0.15, -0.1) is 23.2 Å². The lowest BCUT2D eigenvalue weighted by Crippen LogP contribution is -3.00. The number of likely N-dealkylation sites (N-methyl/N-ethyl adjacent to an activating group) is 2. The van der Waals surface area contributed by atoms with Crippen LogP contribution in [0.1, 0.15) is 69.2 Å². The summed E-state index contributed by atoms with van der Waals surface area (Å²) in [5.41, 5.74) is 8.98. The van der Waals surface area contributed by atoms with Gasteiger partial charge < -0.3 is 34.6 Å². The first kappa shape index (κ1) is 53.4. The number of nitrogens with zero attached hydrogens (tertiary/aromatic N) is 2. The van der Waals surface area contributed by atoms with Crippen molar-refractivity contribution in [1.82, 2.24) is 5.43 Å². The highest BCUT2D eigenvalue weighted by Crippen LogP contribution is 2.19. The number of benzene rings is 4. The topological polar surface area (TPSA) is 130 Å². The lowest BCUT2D eigenvalue weighted by molar-refractivity contribution is -0.948. The Morgan fingerprint density at radius 2 is 0.965 bits per heavy atom. The molecule has 4 aromatic rings. The molecule has 3 amide bonds. The number of carbonyl (C=O) groups is 4. The number of anilines is 2. The number of hydrogen-bond donors (Lipinski definition) is 4. The number of amides is 3. The number of halogens is 4. The molecule has 2 atom stereocenters. The van der Waals surface area contributed by atoms with Gasteiger partial charge in [0.05, 0.1) is 20.0 Å². The van der Waals surface area contributed by atoms with E-state index < -0.39 is 5.24 Å². The van der Waals surface area contributed by atoms with E-state index >= 15 is 0 Å². The number of nitrogens with two attached hydrogens (primary N) is 1. The van der Waals surface area contributed by atoms with Gasteiger partial charge in [0.1, 0.15) is 19.0 Å². The molecule has 0 fully saturated rings. The van der Waals surface area contributed by atoms with Crippen LogP contribution in [-0.4, -0.2) is 71.1 Å². The quantitative estimate of drug-likeness (QED) is 0.0310. The summed E-state index contributed by atoms with van der Waals surface area (Å²) in [5, 5.41) is 5.31. The minimum atomic E-state index is -0.508. The molecule has 4 rings (SSSR count). The number of nitrogens with one attached hydrogen (secondary N) is 3. The molecule has 0 unspecified atom stereocenters. The fourth-order valence-corrected chi connectivity index (χ4v) is 5.52. The zero-order valence-corrected chi connectivity index (χ0v) is 37.3. The molecule has 57 heavy (non-hydrogen) atoms. The van der Waals surface area contributed by atoms with E-state index in [1.165, 1.54) is 11.1 Å². The average molecular weight is 957 g/mol. The zero-order chi connectivity index (χ0) is 41.0. The second kappa shape index (κ2) is 27.2. The molecule has 0 aliphatic heterocycles. The van der Waals surface area contributed by atoms with E-state index in [1.54, 1.807) is 7.05 Å². The molecule has 4 aromatic carbocycles. The predicted octanol–water partition coefficient (Wildman–Crippen LogP) is 5.57. The molecule has 10 nitrogen and oxygen atoms in total. The van der Waals surface area contributed by atoms with E-state index in [9.17, 15) is 19.2 Å². The number of hydrogen-bond acceptors (Lipinski definition) is 5. The van der Waals surface area contributed by atoms with Crippen LogP contribution in [0, 0.1) is 0 Å². The Kier molecular flexibility index (Phi) is 25.5. The molecule has 0 spiro atoms. The van der Waals surface area contributed by atoms with Gasteiger partial charge >= 0.3 is 0 Å². The maximum absolute atomic E-state index is 12.6. The SMILES string of the molecule is C.CC(C)c1ccc(NC(=O)C[N@+](C)(Cc2ccccc2)NC(=O)CCl)cc1.CC(C)c1ccc(NC(=O)C[N@@+](C)(N)Cc2ccccc2)cc1.O=C(Cl)CCl.[I-]. The third kappa shape index (κ3) is 22.2. The number of carbonyl (C=O) groups excluding carboxylic acids is 4. The summed E-state index contributed by atoms with van der Waals surface area (Å²) < 4.78 is 0.158. The molecular formula is C43H59Cl3IN6O4+. The Morgan fingerprint density at radius 3 is 1.32 bits per heavy atom. The Morgan fingerprint density at radius 1 is 0.596 bits per heavy atom. The van der Waals surface area contributed by atoms with E-state index in [1.807, 2.05) is 116 Å². The Hall–Kier alpha value is -3.56. The molecule has 0 aromatic heterocycles. The maximum Gasteiger partial charge on any atom is 0.281 e. The molecule has 0 radical (unpaired) electrons. The van der Waals surface area contributed by atoms with Crippen LogP contribution in [0.2, 0.25) is 0 Å². The number of rotatable bonds is 15. The molecule has 312 valence electrons. The maximum atomic E-state index is 12.6. The van der Waals surface area contributed by atoms with Gasteiger partial charge in [0.15, 0.2) is 13.1 Å². The van der Waals surface area contributed by atoms with Crippen LogP contribution in [0.4, 0.5) is 11.4 Å². The number of alkyl halides is 2. The van der Waals surface area contributed by atoms with Crippen LogP contribution < -0.4 is 45.9 Å². The summed E-state index contributed by atoms with van der Waals surface area (Å²) in [4.78, 5) is 46.1. The molecule has 0 bridgehead atoms. The molecule has 0 aliphatic carbocycles. The van der Waals surface area contributed by atoms with Crippen molar-refractivity contribution in [3.8, 4) is 0 Å². The molecule has 0 saturated heterocycles. The Bertz CT molecular complexity index is 1780. The third-order valence-corrected chi connectivity index (χ3v) is 8.86. The van der Waals surface area contributed by atoms with E-state index in [0.29, 0.717) is 24.9 Å². The summed E-state index contributed by atoms with van der Waals surface area (Å²) in [5.74, 6) is 6.34. The van der Waals surface area contributed by atoms with Crippen molar-refractivity contribution in [2.24, 2.45) is 5.84 Å². The van der Waals surface area contributed by atoms with E-state index in [0.717, 1.165) is 22.5 Å². The lowest BCUT2D eigenvalue weighted by Gasteiger charge is -2.32. The van der Waals surface area contributed by atoms with E-state index in [-0.39, 0.29) is 83.2 Å².